The maximum Gasteiger partial charge on any atom is 0.356 e. The van der Waals surface area contributed by atoms with Crippen LogP contribution in [0.25, 0.3) is 0 Å². The summed E-state index contributed by atoms with van der Waals surface area (Å²) in [6.07, 6.45) is -0.472. The molecule has 37 heavy (non-hydrogen) atoms. The number of nitrogens with one attached hydrogen (secondary N) is 1. The third kappa shape index (κ3) is 5.29. The normalized spacial score (nSPS) is 18.8. The van der Waals surface area contributed by atoms with Crippen molar-refractivity contribution in [1.82, 2.24) is 10.2 Å². The van der Waals surface area contributed by atoms with E-state index in [-0.39, 0.29) is 29.8 Å². The van der Waals surface area contributed by atoms with Gasteiger partial charge < -0.3 is 10.1 Å². The van der Waals surface area contributed by atoms with Crippen LogP contribution in [0.15, 0.2) is 102 Å². The van der Waals surface area contributed by atoms with Crippen LogP contribution >= 0.6 is 23.4 Å². The molecule has 0 aromatic heterocycles. The van der Waals surface area contributed by atoms with Crippen molar-refractivity contribution < 1.29 is 19.1 Å². The molecule has 0 radical (unpaired) electrons. The van der Waals surface area contributed by atoms with Gasteiger partial charge in [-0.1, -0.05) is 91.0 Å². The van der Waals surface area contributed by atoms with E-state index in [1.165, 1.54) is 16.7 Å². The Balaban J connectivity index is 1.35. The third-order valence-corrected chi connectivity index (χ3v) is 8.02. The van der Waals surface area contributed by atoms with Gasteiger partial charge in [0.2, 0.25) is 5.91 Å². The number of fused-ring (bicyclic) bond motifs is 1. The summed E-state index contributed by atoms with van der Waals surface area (Å²) in [4.78, 5) is 40.8. The fourth-order valence-electron chi connectivity index (χ4n) is 4.53. The molecule has 5 rings (SSSR count). The van der Waals surface area contributed by atoms with Crippen LogP contribution in [0, 0.1) is 0 Å². The maximum atomic E-state index is 13.6. The highest BCUT2D eigenvalue weighted by Gasteiger charge is 2.54. The number of β-lactam (4-membered cyclic amide) rings is 1. The standard InChI is InChI=1S/C29H25ClN2O4S/c30-17-22-18-37-28-24(31-23(33)16-19-10-4-1-5-11-19)27(34)32(28)25(22)29(35)36-26(20-12-6-2-7-13-20)21-14-8-3-9-15-21/h1-15,24,26,28H,16-18H2,(H,31,33)/t24?,28-/m0/s1. The van der Waals surface area contributed by atoms with Gasteiger partial charge in [0.1, 0.15) is 17.1 Å². The number of rotatable bonds is 8. The van der Waals surface area contributed by atoms with Crippen molar-refractivity contribution in [2.45, 2.75) is 23.9 Å². The van der Waals surface area contributed by atoms with Crippen molar-refractivity contribution in [3.8, 4) is 0 Å². The largest absolute Gasteiger partial charge is 0.448 e. The molecule has 2 atom stereocenters. The second kappa shape index (κ2) is 11.2. The summed E-state index contributed by atoms with van der Waals surface area (Å²) in [7, 11) is 0. The minimum atomic E-state index is -0.708. The van der Waals surface area contributed by atoms with Crippen molar-refractivity contribution >= 4 is 41.1 Å². The number of nitrogens with zero attached hydrogens (tertiary/aromatic N) is 1. The average molecular weight is 533 g/mol. The van der Waals surface area contributed by atoms with E-state index in [1.54, 1.807) is 0 Å². The summed E-state index contributed by atoms with van der Waals surface area (Å²) in [6, 6.07) is 27.6. The fourth-order valence-corrected chi connectivity index (χ4v) is 6.21. The Morgan fingerprint density at radius 2 is 1.51 bits per heavy atom. The molecule has 2 aliphatic heterocycles. The average Bonchev–Trinajstić information content (AvgIpc) is 2.95. The Bertz CT molecular complexity index is 1280. The van der Waals surface area contributed by atoms with Gasteiger partial charge in [0.05, 0.1) is 6.42 Å². The summed E-state index contributed by atoms with van der Waals surface area (Å²) in [5.74, 6) is -0.630. The number of benzene rings is 3. The SMILES string of the molecule is O=C(Cc1ccccc1)NC1C(=O)N2C(C(=O)OC(c3ccccc3)c3ccccc3)=C(CCl)CS[C@@H]12. The number of halogens is 1. The molecule has 3 aromatic carbocycles. The first-order chi connectivity index (χ1) is 18.1. The Morgan fingerprint density at radius 1 is 0.946 bits per heavy atom. The monoisotopic (exact) mass is 532 g/mol. The van der Waals surface area contributed by atoms with Crippen LogP contribution in [0.3, 0.4) is 0 Å². The van der Waals surface area contributed by atoms with E-state index in [2.05, 4.69) is 5.32 Å². The van der Waals surface area contributed by atoms with Crippen molar-refractivity contribution in [1.29, 1.82) is 0 Å². The smallest absolute Gasteiger partial charge is 0.356 e. The zero-order valence-electron chi connectivity index (χ0n) is 19.9. The molecule has 0 spiro atoms. The Kier molecular flexibility index (Phi) is 7.63. The molecule has 1 fully saturated rings. The Morgan fingerprint density at radius 3 is 2.08 bits per heavy atom. The van der Waals surface area contributed by atoms with Gasteiger partial charge in [0.25, 0.3) is 5.91 Å². The second-order valence-electron chi connectivity index (χ2n) is 8.81. The van der Waals surface area contributed by atoms with Crippen LogP contribution in [-0.2, 0) is 25.5 Å². The molecule has 8 heteroatoms. The summed E-state index contributed by atoms with van der Waals surface area (Å²) < 4.78 is 6.04. The number of ether oxygens (including phenoxy) is 1. The molecule has 1 unspecified atom stereocenters. The first-order valence-corrected chi connectivity index (χ1v) is 13.5. The number of amides is 2. The molecule has 6 nitrogen and oxygen atoms in total. The van der Waals surface area contributed by atoms with Gasteiger partial charge in [-0.05, 0) is 22.3 Å². The molecule has 0 bridgehead atoms. The maximum absolute atomic E-state index is 13.6. The van der Waals surface area contributed by atoms with E-state index in [0.717, 1.165) is 16.7 Å². The van der Waals surface area contributed by atoms with Gasteiger partial charge in [0, 0.05) is 11.6 Å². The third-order valence-electron chi connectivity index (χ3n) is 6.36. The number of hydrogen-bond acceptors (Lipinski definition) is 5. The van der Waals surface area contributed by atoms with Crippen molar-refractivity contribution in [3.05, 3.63) is 119 Å². The van der Waals surface area contributed by atoms with E-state index in [4.69, 9.17) is 16.3 Å². The molecule has 188 valence electrons. The van der Waals surface area contributed by atoms with Crippen LogP contribution in [0.5, 0.6) is 0 Å². The van der Waals surface area contributed by atoms with E-state index in [1.807, 2.05) is 91.0 Å². The first kappa shape index (κ1) is 25.1. The molecule has 1 saturated heterocycles. The lowest BCUT2D eigenvalue weighted by Crippen LogP contribution is -2.70. The fraction of sp³-hybridized carbons (Fsp3) is 0.207. The van der Waals surface area contributed by atoms with Crippen LogP contribution in [0.2, 0.25) is 0 Å². The zero-order chi connectivity index (χ0) is 25.8. The lowest BCUT2D eigenvalue weighted by molar-refractivity contribution is -0.154. The number of carbonyl (C=O) groups is 3. The molecule has 0 aliphatic carbocycles. The number of carbonyl (C=O) groups excluding carboxylic acids is 3. The van der Waals surface area contributed by atoms with E-state index in [0.29, 0.717) is 11.3 Å². The minimum Gasteiger partial charge on any atom is -0.448 e. The van der Waals surface area contributed by atoms with Gasteiger partial charge in [-0.2, -0.15) is 0 Å². The summed E-state index contributed by atoms with van der Waals surface area (Å²) >= 11 is 7.68. The highest BCUT2D eigenvalue weighted by Crippen LogP contribution is 2.41. The first-order valence-electron chi connectivity index (χ1n) is 11.9. The number of thioether (sulfide) groups is 1. The summed E-state index contributed by atoms with van der Waals surface area (Å²) in [5.41, 5.74) is 3.31. The molecular weight excluding hydrogens is 508 g/mol. The van der Waals surface area contributed by atoms with Gasteiger partial charge in [0.15, 0.2) is 6.10 Å². The highest BCUT2D eigenvalue weighted by atomic mass is 35.5. The lowest BCUT2D eigenvalue weighted by atomic mass is 10.0. The van der Waals surface area contributed by atoms with Gasteiger partial charge in [-0.3, -0.25) is 14.5 Å². The highest BCUT2D eigenvalue weighted by molar-refractivity contribution is 8.00. The molecule has 2 heterocycles. The molecule has 0 saturated carbocycles. The van der Waals surface area contributed by atoms with Gasteiger partial charge in [-0.15, -0.1) is 23.4 Å². The van der Waals surface area contributed by atoms with Gasteiger partial charge >= 0.3 is 5.97 Å². The lowest BCUT2D eigenvalue weighted by Gasteiger charge is -2.49. The molecule has 2 aliphatic rings. The van der Waals surface area contributed by atoms with Crippen molar-refractivity contribution in [2.24, 2.45) is 0 Å². The Hall–Kier alpha value is -3.55. The van der Waals surface area contributed by atoms with Gasteiger partial charge in [-0.25, -0.2) is 4.79 Å². The molecular formula is C29H25ClN2O4S. The van der Waals surface area contributed by atoms with Crippen molar-refractivity contribution in [2.75, 3.05) is 11.6 Å². The second-order valence-corrected chi connectivity index (χ2v) is 10.2. The van der Waals surface area contributed by atoms with Crippen LogP contribution in [0.1, 0.15) is 22.8 Å². The van der Waals surface area contributed by atoms with Crippen LogP contribution < -0.4 is 5.32 Å². The molecule has 3 aromatic rings. The van der Waals surface area contributed by atoms with Crippen LogP contribution in [-0.4, -0.2) is 45.7 Å². The quantitative estimate of drug-likeness (QED) is 0.263. The van der Waals surface area contributed by atoms with E-state index < -0.39 is 23.5 Å². The number of hydrogen-bond donors (Lipinski definition) is 1. The number of alkyl halides is 1. The summed E-state index contributed by atoms with van der Waals surface area (Å²) in [5, 5.41) is 2.45. The zero-order valence-corrected chi connectivity index (χ0v) is 21.5. The topological polar surface area (TPSA) is 75.7 Å². The summed E-state index contributed by atoms with van der Waals surface area (Å²) in [6.45, 7) is 0. The molecule has 2 amide bonds. The van der Waals surface area contributed by atoms with Crippen molar-refractivity contribution in [3.63, 3.8) is 0 Å². The predicted octanol–water partition coefficient (Wildman–Crippen LogP) is 4.45. The Labute approximate surface area is 224 Å². The minimum absolute atomic E-state index is 0.0975. The number of esters is 1. The van der Waals surface area contributed by atoms with E-state index in [9.17, 15) is 14.4 Å². The predicted molar refractivity (Wildman–Crippen MR) is 144 cm³/mol. The van der Waals surface area contributed by atoms with Crippen LogP contribution in [0.4, 0.5) is 0 Å². The molecule has 1 N–H and O–H groups in total. The van der Waals surface area contributed by atoms with E-state index >= 15 is 0 Å².